The molecule has 0 radical (unpaired) electrons. The van der Waals surface area contributed by atoms with Crippen molar-refractivity contribution in [2.75, 3.05) is 19.8 Å². The summed E-state index contributed by atoms with van der Waals surface area (Å²) in [6.07, 6.45) is 0. The van der Waals surface area contributed by atoms with E-state index >= 15 is 0 Å². The Morgan fingerprint density at radius 2 is 1.52 bits per heavy atom. The fourth-order valence-corrected chi connectivity index (χ4v) is 2.70. The Balaban J connectivity index is 2.63. The van der Waals surface area contributed by atoms with Gasteiger partial charge >= 0.3 is 13.8 Å². The Kier molecular flexibility index (Phi) is 7.61. The highest BCUT2D eigenvalue weighted by atomic mass is 31.2. The van der Waals surface area contributed by atoms with Crippen molar-refractivity contribution < 1.29 is 27.7 Å². The molecule has 1 rings (SSSR count). The number of phosphoric acid groups is 1. The summed E-state index contributed by atoms with van der Waals surface area (Å²) in [6, 6.07) is 6.66. The number of hydrogen-bond donors (Lipinski definition) is 0. The third kappa shape index (κ3) is 5.98. The zero-order chi connectivity index (χ0) is 15.7. The topological polar surface area (TPSA) is 71.1 Å². The molecule has 0 unspecified atom stereocenters. The molecule has 7 heteroatoms. The number of carbonyl (C=O) groups excluding carboxylic acids is 1. The zero-order valence-electron chi connectivity index (χ0n) is 12.5. The van der Waals surface area contributed by atoms with Gasteiger partial charge in [-0.2, -0.15) is 0 Å². The van der Waals surface area contributed by atoms with Crippen LogP contribution in [0.25, 0.3) is 0 Å². The van der Waals surface area contributed by atoms with Crippen LogP contribution in [-0.2, 0) is 29.5 Å². The maximum atomic E-state index is 12.1. The van der Waals surface area contributed by atoms with Gasteiger partial charge in [0.2, 0.25) is 0 Å². The summed E-state index contributed by atoms with van der Waals surface area (Å²) >= 11 is 0. The average Bonchev–Trinajstić information content (AvgIpc) is 2.46. The van der Waals surface area contributed by atoms with E-state index in [-0.39, 0.29) is 25.8 Å². The Morgan fingerprint density at radius 3 is 2.00 bits per heavy atom. The van der Waals surface area contributed by atoms with E-state index in [9.17, 15) is 9.36 Å². The number of benzene rings is 1. The second-order valence-electron chi connectivity index (χ2n) is 3.97. The predicted molar refractivity (Wildman–Crippen MR) is 78.0 cm³/mol. The molecule has 0 aromatic heterocycles. The van der Waals surface area contributed by atoms with Crippen LogP contribution >= 0.6 is 7.82 Å². The Hall–Kier alpha value is -1.20. The van der Waals surface area contributed by atoms with Gasteiger partial charge in [-0.15, -0.1) is 0 Å². The van der Waals surface area contributed by atoms with Gasteiger partial charge in [0.25, 0.3) is 0 Å². The number of rotatable bonds is 9. The molecule has 0 heterocycles. The van der Waals surface area contributed by atoms with Gasteiger partial charge in [0.05, 0.1) is 32.0 Å². The van der Waals surface area contributed by atoms with Crippen LogP contribution in [0.1, 0.15) is 36.7 Å². The Bertz CT molecular complexity index is 475. The summed E-state index contributed by atoms with van der Waals surface area (Å²) in [5.41, 5.74) is 1.21. The number of hydrogen-bond acceptors (Lipinski definition) is 6. The maximum absolute atomic E-state index is 12.1. The van der Waals surface area contributed by atoms with Crippen LogP contribution in [0.5, 0.6) is 0 Å². The molecule has 0 aliphatic carbocycles. The first-order valence-electron chi connectivity index (χ1n) is 6.84. The minimum Gasteiger partial charge on any atom is -0.462 e. The summed E-state index contributed by atoms with van der Waals surface area (Å²) in [5.74, 6) is -0.376. The van der Waals surface area contributed by atoms with E-state index in [4.69, 9.17) is 18.3 Å². The molecule has 0 N–H and O–H groups in total. The first-order valence-corrected chi connectivity index (χ1v) is 8.30. The molecule has 0 fully saturated rings. The van der Waals surface area contributed by atoms with Crippen LogP contribution in [0.3, 0.4) is 0 Å². The monoisotopic (exact) mass is 316 g/mol. The van der Waals surface area contributed by atoms with Gasteiger partial charge in [0, 0.05) is 0 Å². The second kappa shape index (κ2) is 8.95. The van der Waals surface area contributed by atoms with Gasteiger partial charge < -0.3 is 4.74 Å². The molecule has 21 heavy (non-hydrogen) atoms. The SMILES string of the molecule is CCOC(=O)c1ccc(COP(=O)(OCC)OCC)cc1. The molecule has 0 amide bonds. The maximum Gasteiger partial charge on any atom is 0.475 e. The van der Waals surface area contributed by atoms with Gasteiger partial charge in [-0.3, -0.25) is 13.6 Å². The third-order valence-electron chi connectivity index (χ3n) is 2.43. The van der Waals surface area contributed by atoms with Crippen molar-refractivity contribution in [3.05, 3.63) is 35.4 Å². The summed E-state index contributed by atoms with van der Waals surface area (Å²) in [5, 5.41) is 0. The molecular formula is C14H21O6P. The van der Waals surface area contributed by atoms with Crippen molar-refractivity contribution >= 4 is 13.8 Å². The lowest BCUT2D eigenvalue weighted by atomic mass is 10.1. The molecule has 0 spiro atoms. The van der Waals surface area contributed by atoms with E-state index in [1.807, 2.05) is 0 Å². The molecular weight excluding hydrogens is 295 g/mol. The van der Waals surface area contributed by atoms with E-state index in [0.717, 1.165) is 5.56 Å². The van der Waals surface area contributed by atoms with Crippen molar-refractivity contribution in [3.8, 4) is 0 Å². The summed E-state index contributed by atoms with van der Waals surface area (Å²) in [4.78, 5) is 11.5. The van der Waals surface area contributed by atoms with E-state index in [0.29, 0.717) is 12.2 Å². The van der Waals surface area contributed by atoms with Crippen LogP contribution < -0.4 is 0 Å². The fourth-order valence-electron chi connectivity index (χ4n) is 1.53. The standard InChI is InChI=1S/C14H21O6P/c1-4-17-14(15)13-9-7-12(8-10-13)11-20-21(16,18-5-2)19-6-3/h7-10H,4-6,11H2,1-3H3. The van der Waals surface area contributed by atoms with Crippen molar-refractivity contribution in [2.45, 2.75) is 27.4 Å². The first-order chi connectivity index (χ1) is 10.0. The molecule has 0 aliphatic rings. The predicted octanol–water partition coefficient (Wildman–Crippen LogP) is 3.56. The number of carbonyl (C=O) groups is 1. The number of phosphoric ester groups is 1. The van der Waals surface area contributed by atoms with Crippen molar-refractivity contribution in [1.82, 2.24) is 0 Å². The van der Waals surface area contributed by atoms with Gasteiger partial charge in [-0.25, -0.2) is 9.36 Å². The Morgan fingerprint density at radius 1 is 0.952 bits per heavy atom. The lowest BCUT2D eigenvalue weighted by Gasteiger charge is -2.16. The summed E-state index contributed by atoms with van der Waals surface area (Å²) in [7, 11) is -3.52. The van der Waals surface area contributed by atoms with E-state index in [1.54, 1.807) is 45.0 Å². The van der Waals surface area contributed by atoms with Crippen LogP contribution in [-0.4, -0.2) is 25.8 Å². The molecule has 118 valence electrons. The lowest BCUT2D eigenvalue weighted by molar-refractivity contribution is 0.0526. The van der Waals surface area contributed by atoms with Crippen LogP contribution in [0.15, 0.2) is 24.3 Å². The smallest absolute Gasteiger partial charge is 0.462 e. The van der Waals surface area contributed by atoms with Gasteiger partial charge in [0.1, 0.15) is 0 Å². The zero-order valence-corrected chi connectivity index (χ0v) is 13.4. The van der Waals surface area contributed by atoms with Crippen molar-refractivity contribution in [3.63, 3.8) is 0 Å². The first kappa shape index (κ1) is 17.9. The molecule has 0 saturated carbocycles. The third-order valence-corrected chi connectivity index (χ3v) is 4.02. The Labute approximate surface area is 125 Å². The molecule has 0 aliphatic heterocycles. The quantitative estimate of drug-likeness (QED) is 0.512. The lowest BCUT2D eigenvalue weighted by Crippen LogP contribution is -2.05. The normalized spacial score (nSPS) is 11.4. The van der Waals surface area contributed by atoms with Crippen molar-refractivity contribution in [2.24, 2.45) is 0 Å². The fraction of sp³-hybridized carbons (Fsp3) is 0.500. The molecule has 0 saturated heterocycles. The molecule has 0 atom stereocenters. The number of ether oxygens (including phenoxy) is 1. The highest BCUT2D eigenvalue weighted by molar-refractivity contribution is 7.48. The van der Waals surface area contributed by atoms with Gasteiger partial charge in [-0.05, 0) is 38.5 Å². The minimum atomic E-state index is -3.52. The van der Waals surface area contributed by atoms with E-state index < -0.39 is 7.82 Å². The van der Waals surface area contributed by atoms with Crippen LogP contribution in [0.4, 0.5) is 0 Å². The van der Waals surface area contributed by atoms with Crippen molar-refractivity contribution in [1.29, 1.82) is 0 Å². The van der Waals surface area contributed by atoms with Crippen LogP contribution in [0, 0.1) is 0 Å². The largest absolute Gasteiger partial charge is 0.475 e. The van der Waals surface area contributed by atoms with Gasteiger partial charge in [0.15, 0.2) is 0 Å². The average molecular weight is 316 g/mol. The van der Waals surface area contributed by atoms with Crippen LogP contribution in [0.2, 0.25) is 0 Å². The number of esters is 1. The summed E-state index contributed by atoms with van der Waals surface area (Å²) in [6.45, 7) is 6.04. The minimum absolute atomic E-state index is 0.0698. The van der Waals surface area contributed by atoms with E-state index in [2.05, 4.69) is 0 Å². The van der Waals surface area contributed by atoms with Gasteiger partial charge in [-0.1, -0.05) is 12.1 Å². The molecule has 6 nitrogen and oxygen atoms in total. The molecule has 1 aromatic rings. The summed E-state index contributed by atoms with van der Waals surface area (Å²) < 4.78 is 32.3. The second-order valence-corrected chi connectivity index (χ2v) is 5.64. The van der Waals surface area contributed by atoms with E-state index in [1.165, 1.54) is 0 Å². The highest BCUT2D eigenvalue weighted by Crippen LogP contribution is 2.49. The molecule has 1 aromatic carbocycles. The highest BCUT2D eigenvalue weighted by Gasteiger charge is 2.25. The molecule has 0 bridgehead atoms.